The average molecular weight is 697 g/mol. The van der Waals surface area contributed by atoms with Crippen molar-refractivity contribution in [2.45, 2.75) is 50.0 Å². The highest BCUT2D eigenvalue weighted by Gasteiger charge is 2.39. The Morgan fingerprint density at radius 1 is 0.611 bits per heavy atom. The van der Waals surface area contributed by atoms with Crippen LogP contribution in [0.15, 0.2) is 200 Å². The molecule has 0 amide bonds. The van der Waals surface area contributed by atoms with Crippen molar-refractivity contribution in [1.29, 1.82) is 0 Å². The first-order chi connectivity index (χ1) is 26.8. The lowest BCUT2D eigenvalue weighted by atomic mass is 9.87. The van der Waals surface area contributed by atoms with Gasteiger partial charge in [-0.1, -0.05) is 152 Å². The van der Waals surface area contributed by atoms with Crippen LogP contribution in [0.3, 0.4) is 0 Å². The number of rotatable bonds is 7. The van der Waals surface area contributed by atoms with E-state index >= 15 is 0 Å². The maximum Gasteiger partial charge on any atom is 0.0493 e. The summed E-state index contributed by atoms with van der Waals surface area (Å²) in [5.41, 5.74) is 14.5. The van der Waals surface area contributed by atoms with Gasteiger partial charge in [-0.3, -0.25) is 0 Å². The van der Waals surface area contributed by atoms with Crippen molar-refractivity contribution in [2.24, 2.45) is 0 Å². The quantitative estimate of drug-likeness (QED) is 0.153. The molecular weight excluding hydrogens is 653 g/mol. The summed E-state index contributed by atoms with van der Waals surface area (Å²) in [6, 6.07) is 54.2. The minimum absolute atomic E-state index is 0.360. The molecule has 0 bridgehead atoms. The van der Waals surface area contributed by atoms with Gasteiger partial charge in [0.2, 0.25) is 0 Å². The Balaban J connectivity index is 0.992. The SMILES string of the molecule is C1=CC2c3ccccc3N(c3ccccc3-c3ccc(N(C4=CCC(c5ccc6ccccc6c5)C=C4)C4=CC=C(c5ccccc5)CC4)cc3)C2CC1. The number of fused-ring (bicyclic) bond motifs is 4. The highest BCUT2D eigenvalue weighted by Crippen LogP contribution is 2.51. The van der Waals surface area contributed by atoms with Gasteiger partial charge in [-0.15, -0.1) is 0 Å². The third kappa shape index (κ3) is 5.93. The Kier molecular flexibility index (Phi) is 8.45. The molecule has 0 saturated carbocycles. The van der Waals surface area contributed by atoms with Crippen molar-refractivity contribution in [2.75, 3.05) is 9.80 Å². The number of anilines is 3. The zero-order chi connectivity index (χ0) is 35.8. The lowest BCUT2D eigenvalue weighted by molar-refractivity contribution is 0.565. The van der Waals surface area contributed by atoms with E-state index in [4.69, 9.17) is 0 Å². The first-order valence-corrected chi connectivity index (χ1v) is 19.7. The predicted molar refractivity (Wildman–Crippen MR) is 228 cm³/mol. The summed E-state index contributed by atoms with van der Waals surface area (Å²) < 4.78 is 0. The summed E-state index contributed by atoms with van der Waals surface area (Å²) in [4.78, 5) is 5.13. The highest BCUT2D eigenvalue weighted by molar-refractivity contribution is 5.87. The molecule has 54 heavy (non-hydrogen) atoms. The molecule has 262 valence electrons. The molecule has 3 aliphatic carbocycles. The van der Waals surface area contributed by atoms with E-state index in [2.05, 4.69) is 198 Å². The molecule has 4 aliphatic rings. The average Bonchev–Trinajstić information content (AvgIpc) is 3.59. The molecule has 0 saturated heterocycles. The number of hydrogen-bond acceptors (Lipinski definition) is 2. The summed E-state index contributed by atoms with van der Waals surface area (Å²) >= 11 is 0. The lowest BCUT2D eigenvalue weighted by Crippen LogP contribution is -2.31. The van der Waals surface area contributed by atoms with Crippen LogP contribution in [0.2, 0.25) is 0 Å². The largest absolute Gasteiger partial charge is 0.337 e. The third-order valence-corrected chi connectivity index (χ3v) is 12.0. The number of hydrogen-bond donors (Lipinski definition) is 0. The van der Waals surface area contributed by atoms with E-state index in [1.54, 1.807) is 0 Å². The predicted octanol–water partition coefficient (Wildman–Crippen LogP) is 13.7. The molecule has 2 heteroatoms. The van der Waals surface area contributed by atoms with Gasteiger partial charge in [0.25, 0.3) is 0 Å². The molecule has 1 heterocycles. The minimum atomic E-state index is 0.360. The molecule has 0 fully saturated rings. The maximum atomic E-state index is 2.63. The second-order valence-corrected chi connectivity index (χ2v) is 15.1. The van der Waals surface area contributed by atoms with E-state index in [0.717, 1.165) is 32.1 Å². The third-order valence-electron chi connectivity index (χ3n) is 12.0. The van der Waals surface area contributed by atoms with Gasteiger partial charge in [0, 0.05) is 51.9 Å². The smallest absolute Gasteiger partial charge is 0.0493 e. The summed E-state index contributed by atoms with van der Waals surface area (Å²) in [5, 5.41) is 2.60. The van der Waals surface area contributed by atoms with Crippen LogP contribution in [0.5, 0.6) is 0 Å². The number of para-hydroxylation sites is 2. The number of benzene rings is 6. The van der Waals surface area contributed by atoms with E-state index in [9.17, 15) is 0 Å². The second-order valence-electron chi connectivity index (χ2n) is 15.1. The van der Waals surface area contributed by atoms with Crippen molar-refractivity contribution < 1.29 is 0 Å². The van der Waals surface area contributed by atoms with Gasteiger partial charge in [0.15, 0.2) is 0 Å². The summed E-state index contributed by atoms with van der Waals surface area (Å²) in [6.07, 6.45) is 22.0. The molecule has 0 radical (unpaired) electrons. The summed E-state index contributed by atoms with van der Waals surface area (Å²) in [7, 11) is 0. The highest BCUT2D eigenvalue weighted by atomic mass is 15.2. The standard InChI is InChI=1S/C52H44N2/c1-2-12-37(13-3-1)39-24-30-44(31-25-39)53(45-32-26-40(27-33-45)43-23-22-38-14-4-5-15-42(38)36-43)46-34-28-41(29-35-46)47-16-6-9-19-50(47)54-51-20-10-7-17-48(51)49-18-8-11-21-52(49)54/h1-10,12-20,22-24,26,28-30,32-36,40,49,52H,11,21,25,27,31H2. The Morgan fingerprint density at radius 3 is 2.20 bits per heavy atom. The molecule has 0 N–H and O–H groups in total. The van der Waals surface area contributed by atoms with Crippen LogP contribution in [-0.2, 0) is 0 Å². The molecule has 10 rings (SSSR count). The molecule has 1 aliphatic heterocycles. The minimum Gasteiger partial charge on any atom is -0.337 e. The van der Waals surface area contributed by atoms with Gasteiger partial charge in [-0.2, -0.15) is 0 Å². The Morgan fingerprint density at radius 2 is 1.39 bits per heavy atom. The van der Waals surface area contributed by atoms with Crippen molar-refractivity contribution >= 4 is 33.4 Å². The summed E-state index contributed by atoms with van der Waals surface area (Å²) in [6.45, 7) is 0. The fourth-order valence-corrected chi connectivity index (χ4v) is 9.26. The zero-order valence-electron chi connectivity index (χ0n) is 30.6. The van der Waals surface area contributed by atoms with Crippen LogP contribution in [0.4, 0.5) is 17.1 Å². The Labute approximate surface area is 319 Å². The van der Waals surface area contributed by atoms with Crippen LogP contribution >= 0.6 is 0 Å². The second kappa shape index (κ2) is 14.0. The van der Waals surface area contributed by atoms with E-state index in [1.165, 1.54) is 72.6 Å². The molecule has 3 atom stereocenters. The molecule has 2 nitrogen and oxygen atoms in total. The molecule has 6 aromatic rings. The van der Waals surface area contributed by atoms with Gasteiger partial charge >= 0.3 is 0 Å². The van der Waals surface area contributed by atoms with Crippen LogP contribution in [0.25, 0.3) is 27.5 Å². The first kappa shape index (κ1) is 32.5. The number of nitrogens with zero attached hydrogens (tertiary/aromatic N) is 2. The van der Waals surface area contributed by atoms with E-state index < -0.39 is 0 Å². The number of allylic oxidation sites excluding steroid dienone is 8. The lowest BCUT2D eigenvalue weighted by Gasteiger charge is -2.33. The molecule has 6 aromatic carbocycles. The fourth-order valence-electron chi connectivity index (χ4n) is 9.26. The van der Waals surface area contributed by atoms with Crippen molar-refractivity contribution in [3.8, 4) is 11.1 Å². The van der Waals surface area contributed by atoms with Crippen LogP contribution < -0.4 is 9.80 Å². The monoisotopic (exact) mass is 696 g/mol. The van der Waals surface area contributed by atoms with Crippen molar-refractivity contribution in [3.63, 3.8) is 0 Å². The van der Waals surface area contributed by atoms with Gasteiger partial charge in [0.05, 0.1) is 0 Å². The molecular formula is C52H44N2. The van der Waals surface area contributed by atoms with E-state index in [1.807, 2.05) is 0 Å². The van der Waals surface area contributed by atoms with Crippen LogP contribution in [-0.4, -0.2) is 6.04 Å². The van der Waals surface area contributed by atoms with E-state index in [0.29, 0.717) is 17.9 Å². The van der Waals surface area contributed by atoms with Crippen molar-refractivity contribution in [3.05, 3.63) is 216 Å². The van der Waals surface area contributed by atoms with Crippen molar-refractivity contribution in [1.82, 2.24) is 0 Å². The Bertz CT molecular complexity index is 2500. The molecule has 0 aromatic heterocycles. The van der Waals surface area contributed by atoms with Gasteiger partial charge in [-0.05, 0) is 107 Å². The molecule has 0 spiro atoms. The Hall–Kier alpha value is -6.12. The molecule has 3 unspecified atom stereocenters. The first-order valence-electron chi connectivity index (χ1n) is 19.7. The topological polar surface area (TPSA) is 6.48 Å². The normalized spacial score (nSPS) is 20.2. The fraction of sp³-hybridized carbons (Fsp3) is 0.154. The zero-order valence-corrected chi connectivity index (χ0v) is 30.6. The summed E-state index contributed by atoms with van der Waals surface area (Å²) in [5.74, 6) is 0.802. The van der Waals surface area contributed by atoms with Gasteiger partial charge in [-0.25, -0.2) is 0 Å². The van der Waals surface area contributed by atoms with Crippen LogP contribution in [0.1, 0.15) is 60.6 Å². The van der Waals surface area contributed by atoms with Gasteiger partial charge in [0.1, 0.15) is 0 Å². The van der Waals surface area contributed by atoms with Crippen LogP contribution in [0, 0.1) is 0 Å². The van der Waals surface area contributed by atoms with Gasteiger partial charge < -0.3 is 9.80 Å². The maximum absolute atomic E-state index is 2.63. The van der Waals surface area contributed by atoms with E-state index in [-0.39, 0.29) is 0 Å².